The molecule has 1 aromatic heterocycles. The number of hydrogen-bond donors (Lipinski definition) is 2. The zero-order chi connectivity index (χ0) is 20.1. The van der Waals surface area contributed by atoms with Gasteiger partial charge in [0.05, 0.1) is 7.11 Å². The van der Waals surface area contributed by atoms with E-state index in [-0.39, 0.29) is 11.6 Å². The molecule has 6 nitrogen and oxygen atoms in total. The van der Waals surface area contributed by atoms with E-state index in [0.717, 1.165) is 5.56 Å². The van der Waals surface area contributed by atoms with E-state index in [0.29, 0.717) is 27.7 Å². The topological polar surface area (TPSA) is 80.3 Å². The van der Waals surface area contributed by atoms with Crippen molar-refractivity contribution in [1.82, 2.24) is 4.98 Å². The third kappa shape index (κ3) is 4.66. The second-order valence-electron chi connectivity index (χ2n) is 6.03. The van der Waals surface area contributed by atoms with Crippen molar-refractivity contribution in [2.75, 3.05) is 17.7 Å². The SMILES string of the molecule is COc1cccc(NC(=O)c2ccnc(C(=O)Nc3ccc(Cl)cc3C)c2)c1. The number of pyridine rings is 1. The molecule has 28 heavy (non-hydrogen) atoms. The van der Waals surface area contributed by atoms with Crippen molar-refractivity contribution in [3.8, 4) is 5.75 Å². The van der Waals surface area contributed by atoms with E-state index >= 15 is 0 Å². The summed E-state index contributed by atoms with van der Waals surface area (Å²) in [6, 6.07) is 15.1. The first kappa shape index (κ1) is 19.4. The van der Waals surface area contributed by atoms with E-state index in [4.69, 9.17) is 16.3 Å². The Labute approximate surface area is 167 Å². The number of nitrogens with one attached hydrogen (secondary N) is 2. The van der Waals surface area contributed by atoms with Gasteiger partial charge in [0.15, 0.2) is 0 Å². The average molecular weight is 396 g/mol. The summed E-state index contributed by atoms with van der Waals surface area (Å²) in [6.45, 7) is 1.84. The molecule has 0 aliphatic rings. The van der Waals surface area contributed by atoms with Gasteiger partial charge in [0.1, 0.15) is 11.4 Å². The highest BCUT2D eigenvalue weighted by Crippen LogP contribution is 2.21. The second kappa shape index (κ2) is 8.54. The zero-order valence-corrected chi connectivity index (χ0v) is 16.1. The lowest BCUT2D eigenvalue weighted by atomic mass is 10.1. The van der Waals surface area contributed by atoms with Crippen molar-refractivity contribution >= 4 is 34.8 Å². The van der Waals surface area contributed by atoms with Crippen molar-refractivity contribution in [1.29, 1.82) is 0 Å². The highest BCUT2D eigenvalue weighted by atomic mass is 35.5. The minimum Gasteiger partial charge on any atom is -0.497 e. The number of aromatic nitrogens is 1. The fraction of sp³-hybridized carbons (Fsp3) is 0.0952. The third-order valence-corrected chi connectivity index (χ3v) is 4.25. The van der Waals surface area contributed by atoms with Gasteiger partial charge in [0.25, 0.3) is 11.8 Å². The highest BCUT2D eigenvalue weighted by Gasteiger charge is 2.13. The molecule has 0 aliphatic carbocycles. The quantitative estimate of drug-likeness (QED) is 0.663. The number of benzene rings is 2. The Kier molecular flexibility index (Phi) is 5.91. The van der Waals surface area contributed by atoms with E-state index in [1.807, 2.05) is 6.92 Å². The lowest BCUT2D eigenvalue weighted by molar-refractivity contribution is 0.102. The van der Waals surface area contributed by atoms with Gasteiger partial charge >= 0.3 is 0 Å². The molecule has 2 aromatic carbocycles. The molecule has 0 aliphatic heterocycles. The van der Waals surface area contributed by atoms with Gasteiger partial charge in [-0.15, -0.1) is 0 Å². The summed E-state index contributed by atoms with van der Waals surface area (Å²) in [7, 11) is 1.55. The molecule has 0 fully saturated rings. The predicted octanol–water partition coefficient (Wildman–Crippen LogP) is 4.56. The molecule has 2 amide bonds. The first-order valence-electron chi connectivity index (χ1n) is 8.45. The molecule has 3 rings (SSSR count). The maximum atomic E-state index is 12.5. The first-order valence-corrected chi connectivity index (χ1v) is 8.83. The largest absolute Gasteiger partial charge is 0.497 e. The Morgan fingerprint density at radius 2 is 1.82 bits per heavy atom. The van der Waals surface area contributed by atoms with E-state index in [1.165, 1.54) is 12.3 Å². The first-order chi connectivity index (χ1) is 13.5. The number of carbonyl (C=O) groups excluding carboxylic acids is 2. The molecule has 0 saturated carbocycles. The summed E-state index contributed by atoms with van der Waals surface area (Å²) < 4.78 is 5.14. The molecule has 7 heteroatoms. The number of anilines is 2. The van der Waals surface area contributed by atoms with Crippen LogP contribution in [0.3, 0.4) is 0 Å². The van der Waals surface area contributed by atoms with Crippen LogP contribution in [-0.4, -0.2) is 23.9 Å². The molecule has 142 valence electrons. The number of aryl methyl sites for hydroxylation is 1. The number of amides is 2. The molecular formula is C21H18ClN3O3. The van der Waals surface area contributed by atoms with Gasteiger partial charge in [-0.05, 0) is 55.0 Å². The van der Waals surface area contributed by atoms with Crippen LogP contribution in [0.2, 0.25) is 5.02 Å². The van der Waals surface area contributed by atoms with Crippen LogP contribution in [0.4, 0.5) is 11.4 Å². The maximum absolute atomic E-state index is 12.5. The third-order valence-electron chi connectivity index (χ3n) is 4.02. The van der Waals surface area contributed by atoms with Gasteiger partial charge in [0.2, 0.25) is 0 Å². The van der Waals surface area contributed by atoms with Crippen LogP contribution in [0.15, 0.2) is 60.8 Å². The molecule has 0 atom stereocenters. The second-order valence-corrected chi connectivity index (χ2v) is 6.47. The Morgan fingerprint density at radius 3 is 2.57 bits per heavy atom. The van der Waals surface area contributed by atoms with Gasteiger partial charge in [-0.2, -0.15) is 0 Å². The number of carbonyl (C=O) groups is 2. The van der Waals surface area contributed by atoms with Gasteiger partial charge in [-0.1, -0.05) is 17.7 Å². The maximum Gasteiger partial charge on any atom is 0.274 e. The Hall–Kier alpha value is -3.38. The molecule has 0 radical (unpaired) electrons. The summed E-state index contributed by atoms with van der Waals surface area (Å²) in [5.41, 5.74) is 2.49. The summed E-state index contributed by atoms with van der Waals surface area (Å²) in [6.07, 6.45) is 1.42. The average Bonchev–Trinajstić information content (AvgIpc) is 2.70. The van der Waals surface area contributed by atoms with Crippen LogP contribution < -0.4 is 15.4 Å². The minimum atomic E-state index is -0.415. The van der Waals surface area contributed by atoms with E-state index in [2.05, 4.69) is 15.6 Å². The van der Waals surface area contributed by atoms with E-state index < -0.39 is 5.91 Å². The van der Waals surface area contributed by atoms with Crippen LogP contribution in [0.1, 0.15) is 26.4 Å². The smallest absolute Gasteiger partial charge is 0.274 e. The number of ether oxygens (including phenoxy) is 1. The fourth-order valence-corrected chi connectivity index (χ4v) is 2.78. The van der Waals surface area contributed by atoms with Crippen molar-refractivity contribution in [3.63, 3.8) is 0 Å². The van der Waals surface area contributed by atoms with Gasteiger partial charge < -0.3 is 15.4 Å². The number of nitrogens with zero attached hydrogens (tertiary/aromatic N) is 1. The normalized spacial score (nSPS) is 10.2. The number of methoxy groups -OCH3 is 1. The van der Waals surface area contributed by atoms with Gasteiger partial charge in [-0.25, -0.2) is 0 Å². The summed E-state index contributed by atoms with van der Waals surface area (Å²) >= 11 is 5.93. The molecule has 2 N–H and O–H groups in total. The van der Waals surface area contributed by atoms with Crippen LogP contribution in [-0.2, 0) is 0 Å². The predicted molar refractivity (Wildman–Crippen MR) is 109 cm³/mol. The number of hydrogen-bond acceptors (Lipinski definition) is 4. The minimum absolute atomic E-state index is 0.132. The van der Waals surface area contributed by atoms with E-state index in [1.54, 1.807) is 55.6 Å². The highest BCUT2D eigenvalue weighted by molar-refractivity contribution is 6.30. The molecular weight excluding hydrogens is 378 g/mol. The van der Waals surface area contributed by atoms with Gasteiger partial charge in [-0.3, -0.25) is 14.6 Å². The lowest BCUT2D eigenvalue weighted by Gasteiger charge is -2.10. The van der Waals surface area contributed by atoms with Crippen molar-refractivity contribution in [2.45, 2.75) is 6.92 Å². The molecule has 1 heterocycles. The Balaban J connectivity index is 1.75. The summed E-state index contributed by atoms with van der Waals surface area (Å²) in [5, 5.41) is 6.14. The van der Waals surface area contributed by atoms with Crippen LogP contribution in [0.25, 0.3) is 0 Å². The van der Waals surface area contributed by atoms with Gasteiger partial charge in [0, 0.05) is 34.2 Å². The van der Waals surface area contributed by atoms with Crippen LogP contribution >= 0.6 is 11.6 Å². The standard InChI is InChI=1S/C21H18ClN3O3/c1-13-10-15(22)6-7-18(13)25-21(27)19-11-14(8-9-23-19)20(26)24-16-4-3-5-17(12-16)28-2/h3-12H,1-2H3,(H,24,26)(H,25,27). The molecule has 3 aromatic rings. The molecule has 0 spiro atoms. The molecule has 0 bridgehead atoms. The fourth-order valence-electron chi connectivity index (χ4n) is 2.55. The van der Waals surface area contributed by atoms with E-state index in [9.17, 15) is 9.59 Å². The van der Waals surface area contributed by atoms with Crippen molar-refractivity contribution in [2.24, 2.45) is 0 Å². The lowest BCUT2D eigenvalue weighted by Crippen LogP contribution is -2.17. The van der Waals surface area contributed by atoms with Crippen LogP contribution in [0, 0.1) is 6.92 Å². The Morgan fingerprint density at radius 1 is 1.00 bits per heavy atom. The Bertz CT molecular complexity index is 1040. The number of rotatable bonds is 5. The summed E-state index contributed by atoms with van der Waals surface area (Å²) in [4.78, 5) is 29.1. The van der Waals surface area contributed by atoms with Crippen molar-refractivity contribution < 1.29 is 14.3 Å². The summed E-state index contributed by atoms with van der Waals surface area (Å²) in [5.74, 6) is -0.139. The van der Waals surface area contributed by atoms with Crippen LogP contribution in [0.5, 0.6) is 5.75 Å². The molecule has 0 saturated heterocycles. The zero-order valence-electron chi connectivity index (χ0n) is 15.3. The monoisotopic (exact) mass is 395 g/mol. The van der Waals surface area contributed by atoms with Crippen molar-refractivity contribution in [3.05, 3.63) is 82.6 Å². The molecule has 0 unspecified atom stereocenters. The number of halogens is 1.